The summed E-state index contributed by atoms with van der Waals surface area (Å²) >= 11 is 5.79. The minimum absolute atomic E-state index is 0.0495. The molecule has 1 aromatic heterocycles. The third-order valence-corrected chi connectivity index (χ3v) is 7.54. The molecule has 0 spiro atoms. The van der Waals surface area contributed by atoms with Gasteiger partial charge in [-0.2, -0.15) is 0 Å². The van der Waals surface area contributed by atoms with Gasteiger partial charge in [0.15, 0.2) is 11.3 Å². The monoisotopic (exact) mass is 464 g/mol. The van der Waals surface area contributed by atoms with Gasteiger partial charge in [0, 0.05) is 24.0 Å². The number of halogens is 2. The van der Waals surface area contributed by atoms with Crippen LogP contribution in [0.3, 0.4) is 0 Å². The first-order valence-electron chi connectivity index (χ1n) is 9.90. The van der Waals surface area contributed by atoms with Crippen LogP contribution in [0.1, 0.15) is 40.1 Å². The normalized spacial score (nSPS) is 14.4. The van der Waals surface area contributed by atoms with Gasteiger partial charge in [-0.15, -0.1) is 0 Å². The zero-order chi connectivity index (χ0) is 22.5. The molecule has 0 atom stereocenters. The number of carbonyl (C=O) groups is 1. The van der Waals surface area contributed by atoms with E-state index in [9.17, 15) is 17.6 Å². The van der Waals surface area contributed by atoms with E-state index >= 15 is 0 Å². The van der Waals surface area contributed by atoms with E-state index in [1.807, 2.05) is 6.07 Å². The summed E-state index contributed by atoms with van der Waals surface area (Å²) in [6, 6.07) is 5.41. The lowest BCUT2D eigenvalue weighted by atomic mass is 10.0. The second kappa shape index (κ2) is 7.84. The van der Waals surface area contributed by atoms with Crippen LogP contribution in [0.25, 0.3) is 11.0 Å². The third-order valence-electron chi connectivity index (χ3n) is 5.72. The van der Waals surface area contributed by atoms with Crippen LogP contribution >= 0.6 is 11.6 Å². The summed E-state index contributed by atoms with van der Waals surface area (Å²) in [5, 5.41) is 0.377. The molecule has 6 nitrogen and oxygen atoms in total. The van der Waals surface area contributed by atoms with Crippen molar-refractivity contribution < 1.29 is 22.0 Å². The topological polar surface area (TPSA) is 79.6 Å². The Hall–Kier alpha value is -2.58. The number of rotatable bonds is 4. The summed E-state index contributed by atoms with van der Waals surface area (Å²) in [6.07, 6.45) is 1.88. The Kier molecular flexibility index (Phi) is 5.47. The van der Waals surface area contributed by atoms with Crippen LogP contribution in [0.5, 0.6) is 0 Å². The van der Waals surface area contributed by atoms with Gasteiger partial charge in [0.1, 0.15) is 10.7 Å². The van der Waals surface area contributed by atoms with Crippen molar-refractivity contribution in [2.24, 2.45) is 0 Å². The SMILES string of the molecule is Cc1cc2c(C)c(C(=O)N3CCCC3)oc2c(S(=O)(=O)Nc2ccc(F)c(Cl)c2)c1C. The average molecular weight is 465 g/mol. The second-order valence-electron chi connectivity index (χ2n) is 7.81. The van der Waals surface area contributed by atoms with E-state index in [0.717, 1.165) is 24.5 Å². The highest BCUT2D eigenvalue weighted by Gasteiger charge is 2.30. The number of benzene rings is 2. The van der Waals surface area contributed by atoms with E-state index < -0.39 is 15.8 Å². The van der Waals surface area contributed by atoms with Crippen LogP contribution in [0.15, 0.2) is 33.6 Å². The second-order valence-corrected chi connectivity index (χ2v) is 9.84. The standard InChI is InChI=1S/C22H22ClFN2O4S/c1-12-10-16-14(3)19(22(27)26-8-4-5-9-26)30-20(16)21(13(12)2)31(28,29)25-15-6-7-18(24)17(23)11-15/h6-7,10-11,25H,4-5,8-9H2,1-3H3. The van der Waals surface area contributed by atoms with E-state index in [2.05, 4.69) is 4.72 Å². The van der Waals surface area contributed by atoms with E-state index in [-0.39, 0.29) is 32.9 Å². The zero-order valence-electron chi connectivity index (χ0n) is 17.4. The van der Waals surface area contributed by atoms with Crippen LogP contribution < -0.4 is 4.72 Å². The smallest absolute Gasteiger partial charge is 0.289 e. The number of amides is 1. The van der Waals surface area contributed by atoms with E-state index in [1.165, 1.54) is 12.1 Å². The molecule has 1 fully saturated rings. The number of nitrogens with zero attached hydrogens (tertiary/aromatic N) is 1. The maximum Gasteiger partial charge on any atom is 0.289 e. The minimum atomic E-state index is -4.12. The predicted molar refractivity (Wildman–Crippen MR) is 118 cm³/mol. The number of sulfonamides is 1. The van der Waals surface area contributed by atoms with Crippen molar-refractivity contribution in [2.75, 3.05) is 17.8 Å². The first-order chi connectivity index (χ1) is 14.6. The van der Waals surface area contributed by atoms with Gasteiger partial charge in [0.05, 0.1) is 10.7 Å². The molecule has 4 rings (SSSR count). The first kappa shape index (κ1) is 21.6. The fourth-order valence-electron chi connectivity index (χ4n) is 3.90. The fraction of sp³-hybridized carbons (Fsp3) is 0.318. The molecule has 2 aromatic carbocycles. The highest BCUT2D eigenvalue weighted by Crippen LogP contribution is 2.36. The summed E-state index contributed by atoms with van der Waals surface area (Å²) in [6.45, 7) is 6.56. The van der Waals surface area contributed by atoms with E-state index in [1.54, 1.807) is 25.7 Å². The van der Waals surface area contributed by atoms with Crippen molar-refractivity contribution in [1.29, 1.82) is 0 Å². The number of fused-ring (bicyclic) bond motifs is 1. The van der Waals surface area contributed by atoms with Crippen molar-refractivity contribution in [1.82, 2.24) is 4.90 Å². The molecule has 0 bridgehead atoms. The number of carbonyl (C=O) groups excluding carboxylic acids is 1. The van der Waals surface area contributed by atoms with Crippen molar-refractivity contribution in [2.45, 2.75) is 38.5 Å². The lowest BCUT2D eigenvalue weighted by Gasteiger charge is -2.13. The maximum absolute atomic E-state index is 13.5. The lowest BCUT2D eigenvalue weighted by Crippen LogP contribution is -2.27. The molecular formula is C22H22ClFN2O4S. The molecule has 164 valence electrons. The number of hydrogen-bond donors (Lipinski definition) is 1. The first-order valence-corrected chi connectivity index (χ1v) is 11.8. The molecule has 1 aliphatic heterocycles. The summed E-state index contributed by atoms with van der Waals surface area (Å²) in [5.41, 5.74) is 2.11. The number of hydrogen-bond acceptors (Lipinski definition) is 4. The van der Waals surface area contributed by atoms with E-state index in [4.69, 9.17) is 16.0 Å². The Morgan fingerprint density at radius 2 is 1.81 bits per heavy atom. The lowest BCUT2D eigenvalue weighted by molar-refractivity contribution is 0.0762. The van der Waals surface area contributed by atoms with Crippen molar-refractivity contribution in [3.05, 3.63) is 57.6 Å². The molecule has 0 radical (unpaired) electrons. The van der Waals surface area contributed by atoms with Gasteiger partial charge in [-0.05, 0) is 69.0 Å². The minimum Gasteiger partial charge on any atom is -0.449 e. The van der Waals surface area contributed by atoms with Gasteiger partial charge in [-0.25, -0.2) is 12.8 Å². The Bertz CT molecular complexity index is 1310. The molecule has 9 heteroatoms. The maximum atomic E-state index is 13.5. The Labute approximate surface area is 185 Å². The summed E-state index contributed by atoms with van der Waals surface area (Å²) in [4.78, 5) is 14.6. The van der Waals surface area contributed by atoms with Crippen molar-refractivity contribution in [3.63, 3.8) is 0 Å². The molecular weight excluding hydrogens is 443 g/mol. The number of nitrogens with one attached hydrogen (secondary N) is 1. The van der Waals surface area contributed by atoms with Gasteiger partial charge < -0.3 is 9.32 Å². The highest BCUT2D eigenvalue weighted by atomic mass is 35.5. The summed E-state index contributed by atoms with van der Waals surface area (Å²) < 4.78 is 48.5. The summed E-state index contributed by atoms with van der Waals surface area (Å²) in [5.74, 6) is -0.725. The van der Waals surface area contributed by atoms with Crippen LogP contribution in [-0.2, 0) is 10.0 Å². The molecule has 0 aliphatic carbocycles. The Balaban J connectivity index is 1.86. The zero-order valence-corrected chi connectivity index (χ0v) is 19.0. The van der Waals surface area contributed by atoms with E-state index in [0.29, 0.717) is 29.6 Å². The predicted octanol–water partition coefficient (Wildman–Crippen LogP) is 5.19. The van der Waals surface area contributed by atoms with Crippen LogP contribution in [0, 0.1) is 26.6 Å². The van der Waals surface area contributed by atoms with Crippen molar-refractivity contribution >= 4 is 44.2 Å². The number of aryl methyl sites for hydroxylation is 2. The number of furan rings is 1. The Morgan fingerprint density at radius 3 is 2.45 bits per heavy atom. The third kappa shape index (κ3) is 3.78. The average Bonchev–Trinajstić information content (AvgIpc) is 3.34. The molecule has 1 amide bonds. The van der Waals surface area contributed by atoms with Gasteiger partial charge in [-0.1, -0.05) is 11.6 Å². The molecule has 2 heterocycles. The molecule has 31 heavy (non-hydrogen) atoms. The molecule has 0 saturated carbocycles. The Morgan fingerprint density at radius 1 is 1.13 bits per heavy atom. The highest BCUT2D eigenvalue weighted by molar-refractivity contribution is 7.93. The van der Waals surface area contributed by atoms with Crippen LogP contribution in [0.2, 0.25) is 5.02 Å². The molecule has 3 aromatic rings. The quantitative estimate of drug-likeness (QED) is 0.576. The molecule has 1 saturated heterocycles. The van der Waals surface area contributed by atoms with Gasteiger partial charge in [-0.3, -0.25) is 9.52 Å². The molecule has 1 N–H and O–H groups in total. The van der Waals surface area contributed by atoms with Crippen molar-refractivity contribution in [3.8, 4) is 0 Å². The fourth-order valence-corrected chi connectivity index (χ4v) is 5.58. The van der Waals surface area contributed by atoms with Gasteiger partial charge in [0.2, 0.25) is 0 Å². The van der Waals surface area contributed by atoms with Crippen LogP contribution in [-0.4, -0.2) is 32.3 Å². The number of likely N-dealkylation sites (tertiary alicyclic amines) is 1. The van der Waals surface area contributed by atoms with Crippen LogP contribution in [0.4, 0.5) is 10.1 Å². The van der Waals surface area contributed by atoms with Gasteiger partial charge >= 0.3 is 0 Å². The molecule has 0 unspecified atom stereocenters. The van der Waals surface area contributed by atoms with Gasteiger partial charge in [0.25, 0.3) is 15.9 Å². The summed E-state index contributed by atoms with van der Waals surface area (Å²) in [7, 11) is -4.12. The number of anilines is 1. The molecule has 1 aliphatic rings. The largest absolute Gasteiger partial charge is 0.449 e.